The number of halogens is 4. The van der Waals surface area contributed by atoms with Gasteiger partial charge in [-0.3, -0.25) is 4.98 Å². The molecule has 0 amide bonds. The van der Waals surface area contributed by atoms with Gasteiger partial charge < -0.3 is 4.74 Å². The van der Waals surface area contributed by atoms with E-state index in [4.69, 9.17) is 0 Å². The molecule has 10 heteroatoms. The minimum atomic E-state index is -4.64. The van der Waals surface area contributed by atoms with E-state index in [0.717, 1.165) is 19.2 Å². The van der Waals surface area contributed by atoms with E-state index in [1.807, 2.05) is 0 Å². The second kappa shape index (κ2) is 5.55. The minimum Gasteiger partial charge on any atom is -0.465 e. The Morgan fingerprint density at radius 1 is 1.48 bits per heavy atom. The summed E-state index contributed by atoms with van der Waals surface area (Å²) in [6.45, 7) is 0. The quantitative estimate of drug-likeness (QED) is 0.258. The van der Waals surface area contributed by atoms with Gasteiger partial charge >= 0.3 is 12.1 Å². The highest BCUT2D eigenvalue weighted by Gasteiger charge is 2.44. The average molecular weight is 429 g/mol. The van der Waals surface area contributed by atoms with Crippen LogP contribution in [-0.4, -0.2) is 20.9 Å². The van der Waals surface area contributed by atoms with Crippen molar-refractivity contribution in [3.63, 3.8) is 0 Å². The molecule has 1 aromatic rings. The Hall–Kier alpha value is -1.17. The van der Waals surface area contributed by atoms with E-state index in [1.54, 1.807) is 22.6 Å². The van der Waals surface area contributed by atoms with Crippen molar-refractivity contribution < 1.29 is 22.7 Å². The number of carbonyl (C=O) groups excluding carboxylic acids is 1. The molecule has 21 heavy (non-hydrogen) atoms. The zero-order valence-corrected chi connectivity index (χ0v) is 13.4. The Kier molecular flexibility index (Phi) is 4.29. The van der Waals surface area contributed by atoms with Crippen LogP contribution in [0.5, 0.6) is 0 Å². The SMILES string of the molecule is COC(=O)C1=C(c2ncccc2C(F)(F)F)N=NC1(S)I. The van der Waals surface area contributed by atoms with Gasteiger partial charge in [0.25, 0.3) is 0 Å². The summed E-state index contributed by atoms with van der Waals surface area (Å²) in [7, 11) is 1.11. The number of aromatic nitrogens is 1. The van der Waals surface area contributed by atoms with E-state index in [1.165, 1.54) is 6.20 Å². The molecule has 0 N–H and O–H groups in total. The predicted octanol–water partition coefficient (Wildman–Crippen LogP) is 3.47. The summed E-state index contributed by atoms with van der Waals surface area (Å²) >= 11 is 5.79. The first-order valence-electron chi connectivity index (χ1n) is 5.38. The number of rotatable bonds is 2. The lowest BCUT2D eigenvalue weighted by Crippen LogP contribution is -2.20. The smallest absolute Gasteiger partial charge is 0.418 e. The first-order valence-corrected chi connectivity index (χ1v) is 6.91. The Morgan fingerprint density at radius 3 is 2.71 bits per heavy atom. The molecule has 5 nitrogen and oxygen atoms in total. The maximum Gasteiger partial charge on any atom is 0.418 e. The zero-order chi connectivity index (χ0) is 15.8. The average Bonchev–Trinajstić information content (AvgIpc) is 2.72. The molecule has 1 aliphatic heterocycles. The van der Waals surface area contributed by atoms with Crippen LogP contribution in [0.25, 0.3) is 5.70 Å². The van der Waals surface area contributed by atoms with Gasteiger partial charge in [-0.1, -0.05) is 0 Å². The van der Waals surface area contributed by atoms with Crippen molar-refractivity contribution in [3.8, 4) is 0 Å². The highest BCUT2D eigenvalue weighted by Crippen LogP contribution is 2.46. The van der Waals surface area contributed by atoms with Crippen molar-refractivity contribution in [1.82, 2.24) is 4.98 Å². The molecular formula is C11H7F3IN3O2S. The molecule has 0 radical (unpaired) electrons. The van der Waals surface area contributed by atoms with Gasteiger partial charge in [0.2, 0.25) is 2.88 Å². The molecule has 1 aromatic heterocycles. The molecule has 1 aliphatic rings. The third-order valence-corrected chi connectivity index (χ3v) is 3.63. The lowest BCUT2D eigenvalue weighted by molar-refractivity contribution is -0.138. The maximum atomic E-state index is 13.0. The number of hydrogen-bond acceptors (Lipinski definition) is 6. The first-order chi connectivity index (χ1) is 9.68. The van der Waals surface area contributed by atoms with Crippen LogP contribution in [0.1, 0.15) is 11.3 Å². The normalized spacial score (nSPS) is 21.8. The zero-order valence-electron chi connectivity index (χ0n) is 10.3. The van der Waals surface area contributed by atoms with E-state index in [-0.39, 0.29) is 11.3 Å². The van der Waals surface area contributed by atoms with Gasteiger partial charge in [-0.15, -0.1) is 12.6 Å². The maximum absolute atomic E-state index is 13.0. The number of hydrogen-bond donors (Lipinski definition) is 1. The molecule has 0 saturated heterocycles. The molecule has 112 valence electrons. The fraction of sp³-hybridized carbons (Fsp3) is 0.273. The molecule has 0 bridgehead atoms. The molecule has 0 aliphatic carbocycles. The summed E-state index contributed by atoms with van der Waals surface area (Å²) in [5, 5.41) is 7.33. The number of carbonyl (C=O) groups is 1. The van der Waals surface area contributed by atoms with Crippen LogP contribution in [0.4, 0.5) is 13.2 Å². The number of esters is 1. The first kappa shape index (κ1) is 16.2. The summed E-state index contributed by atoms with van der Waals surface area (Å²) < 4.78 is 42.3. The van der Waals surface area contributed by atoms with Crippen LogP contribution in [0, 0.1) is 0 Å². The van der Waals surface area contributed by atoms with Crippen LogP contribution in [-0.2, 0) is 15.7 Å². The highest BCUT2D eigenvalue weighted by molar-refractivity contribution is 14.1. The number of nitrogens with zero attached hydrogens (tertiary/aromatic N) is 3. The second-order valence-corrected chi connectivity index (χ2v) is 6.96. The molecule has 0 spiro atoms. The fourth-order valence-corrected chi connectivity index (χ4v) is 2.51. The molecule has 0 fully saturated rings. The largest absolute Gasteiger partial charge is 0.465 e. The number of ether oxygens (including phenoxy) is 1. The number of pyridine rings is 1. The third kappa shape index (κ3) is 3.05. The standard InChI is InChI=1S/C11H7F3IN3O2S/c1-20-9(19)6-8(17-18-11(6,15)21)7-5(10(12,13)14)3-2-4-16-7/h2-4,21H,1H3. The topological polar surface area (TPSA) is 63.9 Å². The lowest BCUT2D eigenvalue weighted by atomic mass is 10.1. The Labute approximate surface area is 136 Å². The lowest BCUT2D eigenvalue weighted by Gasteiger charge is -2.15. The van der Waals surface area contributed by atoms with Crippen molar-refractivity contribution in [3.05, 3.63) is 35.2 Å². The number of methoxy groups -OCH3 is 1. The van der Waals surface area contributed by atoms with Gasteiger partial charge in [0.1, 0.15) is 17.0 Å². The molecule has 0 aromatic carbocycles. The van der Waals surface area contributed by atoms with E-state index in [9.17, 15) is 18.0 Å². The van der Waals surface area contributed by atoms with E-state index in [2.05, 4.69) is 32.6 Å². The summed E-state index contributed by atoms with van der Waals surface area (Å²) in [6, 6.07) is 2.00. The van der Waals surface area contributed by atoms with Gasteiger partial charge in [0.15, 0.2) is 0 Å². The van der Waals surface area contributed by atoms with E-state index >= 15 is 0 Å². The van der Waals surface area contributed by atoms with Crippen LogP contribution >= 0.6 is 35.2 Å². The van der Waals surface area contributed by atoms with Crippen LogP contribution in [0.3, 0.4) is 0 Å². The van der Waals surface area contributed by atoms with Gasteiger partial charge in [-0.05, 0) is 34.7 Å². The van der Waals surface area contributed by atoms with Crippen molar-refractivity contribution in [2.24, 2.45) is 10.2 Å². The second-order valence-electron chi connectivity index (χ2n) is 3.90. The van der Waals surface area contributed by atoms with Gasteiger partial charge in [-0.25, -0.2) is 4.79 Å². The Morgan fingerprint density at radius 2 is 2.14 bits per heavy atom. The van der Waals surface area contributed by atoms with Gasteiger partial charge in [0, 0.05) is 6.20 Å². The summed E-state index contributed by atoms with van der Waals surface area (Å²) in [5.41, 5.74) is -1.98. The van der Waals surface area contributed by atoms with Crippen LogP contribution in [0.15, 0.2) is 34.1 Å². The summed E-state index contributed by atoms with van der Waals surface area (Å²) in [4.78, 5) is 15.5. The number of azo groups is 1. The molecular weight excluding hydrogens is 422 g/mol. The molecule has 0 saturated carbocycles. The Bertz CT molecular complexity index is 658. The Balaban J connectivity index is 2.71. The fourth-order valence-electron chi connectivity index (χ4n) is 1.68. The van der Waals surface area contributed by atoms with Crippen LogP contribution in [0.2, 0.25) is 0 Å². The van der Waals surface area contributed by atoms with Crippen LogP contribution < -0.4 is 0 Å². The number of alkyl halides is 4. The molecule has 2 heterocycles. The highest BCUT2D eigenvalue weighted by atomic mass is 127. The monoisotopic (exact) mass is 429 g/mol. The van der Waals surface area contributed by atoms with Crippen molar-refractivity contribution in [2.45, 2.75) is 9.05 Å². The van der Waals surface area contributed by atoms with E-state index in [0.29, 0.717) is 0 Å². The van der Waals surface area contributed by atoms with Gasteiger partial charge in [0.05, 0.1) is 12.7 Å². The summed E-state index contributed by atoms with van der Waals surface area (Å²) in [5.74, 6) is -0.863. The third-order valence-electron chi connectivity index (χ3n) is 2.56. The van der Waals surface area contributed by atoms with Gasteiger partial charge in [-0.2, -0.15) is 23.4 Å². The molecule has 2 rings (SSSR count). The number of thiol groups is 1. The van der Waals surface area contributed by atoms with E-state index < -0.39 is 26.3 Å². The van der Waals surface area contributed by atoms with Crippen molar-refractivity contribution in [2.75, 3.05) is 7.11 Å². The van der Waals surface area contributed by atoms with Crippen molar-refractivity contribution in [1.29, 1.82) is 0 Å². The molecule has 1 atom stereocenters. The summed E-state index contributed by atoms with van der Waals surface area (Å²) in [6.07, 6.45) is -3.46. The van der Waals surface area contributed by atoms with Crippen molar-refractivity contribution >= 4 is 46.9 Å². The molecule has 1 unspecified atom stereocenters. The minimum absolute atomic E-state index is 0.196. The predicted molar refractivity (Wildman–Crippen MR) is 78.8 cm³/mol.